The van der Waals surface area contributed by atoms with E-state index >= 15 is 0 Å². The summed E-state index contributed by atoms with van der Waals surface area (Å²) in [5.74, 6) is 0.107. The molecule has 0 aromatic heterocycles. The van der Waals surface area contributed by atoms with Gasteiger partial charge in [-0.1, -0.05) is 19.1 Å². The quantitative estimate of drug-likeness (QED) is 0.553. The van der Waals surface area contributed by atoms with E-state index in [1.807, 2.05) is 6.07 Å². The van der Waals surface area contributed by atoms with Crippen molar-refractivity contribution in [2.75, 3.05) is 6.54 Å². The number of carbonyl (C=O) groups is 1. The maximum atomic E-state index is 13.9. The molecule has 1 fully saturated rings. The van der Waals surface area contributed by atoms with Crippen LogP contribution in [0.3, 0.4) is 0 Å². The van der Waals surface area contributed by atoms with Gasteiger partial charge in [0.1, 0.15) is 17.2 Å². The van der Waals surface area contributed by atoms with Crippen LogP contribution in [0.25, 0.3) is 0 Å². The zero-order valence-corrected chi connectivity index (χ0v) is 19.7. The second-order valence-corrected chi connectivity index (χ2v) is 9.57. The van der Waals surface area contributed by atoms with Crippen LogP contribution in [0.15, 0.2) is 36.4 Å². The van der Waals surface area contributed by atoms with Crippen molar-refractivity contribution in [2.24, 2.45) is 0 Å². The van der Waals surface area contributed by atoms with Gasteiger partial charge >= 0.3 is 0 Å². The van der Waals surface area contributed by atoms with E-state index in [4.69, 9.17) is 10.00 Å². The minimum absolute atomic E-state index is 0.0301. The van der Waals surface area contributed by atoms with Crippen LogP contribution in [0.4, 0.5) is 4.39 Å². The fourth-order valence-electron chi connectivity index (χ4n) is 5.04. The number of fused-ring (bicyclic) bond motifs is 1. The van der Waals surface area contributed by atoms with Gasteiger partial charge in [0.05, 0.1) is 23.8 Å². The lowest BCUT2D eigenvalue weighted by Gasteiger charge is -2.48. The smallest absolute Gasteiger partial charge is 0.217 e. The third-order valence-corrected chi connectivity index (χ3v) is 6.99. The highest BCUT2D eigenvalue weighted by Gasteiger charge is 2.45. The highest BCUT2D eigenvalue weighted by molar-refractivity contribution is 5.73. The fraction of sp³-hybridized carbons (Fsp3) is 0.481. The second kappa shape index (κ2) is 10.1. The molecule has 1 aliphatic carbocycles. The number of rotatable bonds is 8. The number of amides is 1. The van der Waals surface area contributed by atoms with Gasteiger partial charge in [0, 0.05) is 31.5 Å². The van der Waals surface area contributed by atoms with E-state index in [1.165, 1.54) is 24.6 Å². The van der Waals surface area contributed by atoms with Crippen LogP contribution >= 0.6 is 0 Å². The van der Waals surface area contributed by atoms with E-state index in [0.29, 0.717) is 5.56 Å². The molecule has 1 heterocycles. The van der Waals surface area contributed by atoms with E-state index < -0.39 is 18.0 Å². The Morgan fingerprint density at radius 2 is 2.09 bits per heavy atom. The monoisotopic (exact) mass is 465 g/mol. The molecule has 0 bridgehead atoms. The second-order valence-electron chi connectivity index (χ2n) is 9.57. The summed E-state index contributed by atoms with van der Waals surface area (Å²) >= 11 is 0. The number of aryl methyl sites for hydroxylation is 1. The van der Waals surface area contributed by atoms with E-state index in [2.05, 4.69) is 35.8 Å². The first kappa shape index (κ1) is 24.2. The Morgan fingerprint density at radius 3 is 2.74 bits per heavy atom. The molecule has 0 radical (unpaired) electrons. The molecular formula is C27H32FN3O3. The molecule has 1 amide bonds. The number of halogens is 1. The molecule has 4 rings (SSSR count). The Kier molecular flexibility index (Phi) is 7.20. The lowest BCUT2D eigenvalue weighted by atomic mass is 9.72. The highest BCUT2D eigenvalue weighted by Crippen LogP contribution is 2.49. The zero-order valence-electron chi connectivity index (χ0n) is 19.7. The van der Waals surface area contributed by atoms with Crippen molar-refractivity contribution < 1.29 is 19.0 Å². The van der Waals surface area contributed by atoms with Gasteiger partial charge in [0.2, 0.25) is 5.91 Å². The molecule has 0 saturated heterocycles. The molecule has 7 heteroatoms. The number of nitrogens with zero attached hydrogens (tertiary/aromatic N) is 1. The molecule has 3 N–H and O–H groups in total. The fourth-order valence-corrected chi connectivity index (χ4v) is 5.04. The summed E-state index contributed by atoms with van der Waals surface area (Å²) in [6.07, 6.45) is 4.27. The third kappa shape index (κ3) is 5.40. The standard InChI is InChI=1S/C27H32FN3O3/c1-3-18-5-6-26-22(12-18)24(14-27(34-26)7-4-8-27)30-16-25(33)23(31-17(2)32)13-19-9-20(15-29)11-21(28)10-19/h5-6,9-12,23-25,30,33H,3-4,7-8,13-14,16H2,1-2H3,(H,31,32)/t23-,24-,25-/m0/s1. The van der Waals surface area contributed by atoms with Gasteiger partial charge in [0.15, 0.2) is 0 Å². The SMILES string of the molecule is CCc1ccc2c(c1)[C@@H](NC[C@H](O)[C@H](Cc1cc(F)cc(C#N)c1)NC(C)=O)CC1(CCC1)O2. The first-order valence-electron chi connectivity index (χ1n) is 12.0. The Bertz CT molecular complexity index is 1090. The van der Waals surface area contributed by atoms with Crippen molar-refractivity contribution in [3.05, 3.63) is 64.5 Å². The van der Waals surface area contributed by atoms with Crippen molar-refractivity contribution >= 4 is 5.91 Å². The van der Waals surface area contributed by atoms with Crippen LogP contribution < -0.4 is 15.4 Å². The van der Waals surface area contributed by atoms with E-state index in [9.17, 15) is 14.3 Å². The number of aliphatic hydroxyl groups excluding tert-OH is 1. The first-order valence-corrected chi connectivity index (χ1v) is 12.0. The molecule has 34 heavy (non-hydrogen) atoms. The van der Waals surface area contributed by atoms with Gasteiger partial charge in [-0.2, -0.15) is 5.26 Å². The maximum Gasteiger partial charge on any atom is 0.217 e. The van der Waals surface area contributed by atoms with Crippen LogP contribution in [0, 0.1) is 17.1 Å². The number of aliphatic hydroxyl groups is 1. The predicted octanol–water partition coefficient (Wildman–Crippen LogP) is 3.70. The Balaban J connectivity index is 1.50. The number of nitrogens with one attached hydrogen (secondary N) is 2. The largest absolute Gasteiger partial charge is 0.487 e. The summed E-state index contributed by atoms with van der Waals surface area (Å²) in [6, 6.07) is 11.7. The van der Waals surface area contributed by atoms with Crippen molar-refractivity contribution in [3.63, 3.8) is 0 Å². The van der Waals surface area contributed by atoms with Gasteiger partial charge in [0.25, 0.3) is 0 Å². The number of hydrogen-bond acceptors (Lipinski definition) is 5. The number of benzene rings is 2. The summed E-state index contributed by atoms with van der Waals surface area (Å²) in [7, 11) is 0. The van der Waals surface area contributed by atoms with Gasteiger partial charge in [-0.25, -0.2) is 4.39 Å². The highest BCUT2D eigenvalue weighted by atomic mass is 19.1. The molecule has 3 atom stereocenters. The average molecular weight is 466 g/mol. The van der Waals surface area contributed by atoms with E-state index in [-0.39, 0.29) is 36.1 Å². The third-order valence-electron chi connectivity index (χ3n) is 6.99. The number of nitriles is 1. The van der Waals surface area contributed by atoms with Crippen LogP contribution in [0.1, 0.15) is 67.8 Å². The van der Waals surface area contributed by atoms with E-state index in [0.717, 1.165) is 43.4 Å². The van der Waals surface area contributed by atoms with Crippen LogP contribution in [0.5, 0.6) is 5.75 Å². The molecule has 0 unspecified atom stereocenters. The van der Waals surface area contributed by atoms with Gasteiger partial charge < -0.3 is 20.5 Å². The van der Waals surface area contributed by atoms with E-state index in [1.54, 1.807) is 6.07 Å². The average Bonchev–Trinajstić information content (AvgIpc) is 2.79. The summed E-state index contributed by atoms with van der Waals surface area (Å²) in [5.41, 5.74) is 2.95. The zero-order chi connectivity index (χ0) is 24.3. The summed E-state index contributed by atoms with van der Waals surface area (Å²) in [4.78, 5) is 11.8. The summed E-state index contributed by atoms with van der Waals surface area (Å²) < 4.78 is 20.3. The molecule has 2 aromatic rings. The van der Waals surface area contributed by atoms with Gasteiger partial charge in [-0.15, -0.1) is 0 Å². The van der Waals surface area contributed by atoms with Crippen LogP contribution in [-0.4, -0.2) is 35.3 Å². The topological polar surface area (TPSA) is 94.4 Å². The first-order chi connectivity index (χ1) is 16.3. The Hall–Kier alpha value is -2.95. The lowest BCUT2D eigenvalue weighted by Crippen LogP contribution is -2.52. The molecule has 2 aliphatic rings. The summed E-state index contributed by atoms with van der Waals surface area (Å²) in [5, 5.41) is 26.5. The van der Waals surface area contributed by atoms with Gasteiger partial charge in [-0.05, 0) is 67.5 Å². The molecule has 1 spiro atoms. The van der Waals surface area contributed by atoms with Crippen molar-refractivity contribution in [3.8, 4) is 11.8 Å². The normalized spacial score (nSPS) is 19.8. The Morgan fingerprint density at radius 1 is 1.29 bits per heavy atom. The minimum atomic E-state index is -0.907. The summed E-state index contributed by atoms with van der Waals surface area (Å²) in [6.45, 7) is 3.76. The Labute approximate surface area is 200 Å². The number of hydrogen-bond donors (Lipinski definition) is 3. The molecule has 6 nitrogen and oxygen atoms in total. The lowest BCUT2D eigenvalue weighted by molar-refractivity contribution is -0.120. The molecular weight excluding hydrogens is 433 g/mol. The van der Waals surface area contributed by atoms with Crippen molar-refractivity contribution in [2.45, 2.75) is 76.2 Å². The van der Waals surface area contributed by atoms with Crippen molar-refractivity contribution in [1.82, 2.24) is 10.6 Å². The number of carbonyl (C=O) groups excluding carboxylic acids is 1. The number of ether oxygens (including phenoxy) is 1. The van der Waals surface area contributed by atoms with Crippen molar-refractivity contribution in [1.29, 1.82) is 5.26 Å². The van der Waals surface area contributed by atoms with Crippen LogP contribution in [0.2, 0.25) is 0 Å². The molecule has 1 saturated carbocycles. The minimum Gasteiger partial charge on any atom is -0.487 e. The predicted molar refractivity (Wildman–Crippen MR) is 127 cm³/mol. The van der Waals surface area contributed by atoms with Crippen LogP contribution in [-0.2, 0) is 17.6 Å². The maximum absolute atomic E-state index is 13.9. The molecule has 180 valence electrons. The molecule has 2 aromatic carbocycles. The van der Waals surface area contributed by atoms with Gasteiger partial charge in [-0.3, -0.25) is 4.79 Å². The molecule has 1 aliphatic heterocycles.